The molecular weight excluding hydrogens is 244 g/mol. The van der Waals surface area contributed by atoms with Crippen molar-refractivity contribution in [3.63, 3.8) is 0 Å². The van der Waals surface area contributed by atoms with Gasteiger partial charge in [-0.2, -0.15) is 0 Å². The number of rotatable bonds is 5. The molecule has 1 aliphatic rings. The second-order valence-corrected chi connectivity index (χ2v) is 6.16. The van der Waals surface area contributed by atoms with Crippen LogP contribution in [-0.2, 0) is 14.3 Å². The molecule has 2 unspecified atom stereocenters. The van der Waals surface area contributed by atoms with Crippen LogP contribution in [-0.4, -0.2) is 41.5 Å². The number of likely N-dealkylation sites (tertiary alicyclic amines) is 1. The average Bonchev–Trinajstić information content (AvgIpc) is 2.55. The molecule has 1 heterocycles. The van der Waals surface area contributed by atoms with Crippen molar-refractivity contribution in [2.24, 2.45) is 11.7 Å². The highest BCUT2D eigenvalue weighted by molar-refractivity contribution is 5.91. The first-order valence-corrected chi connectivity index (χ1v) is 7.03. The molecule has 5 nitrogen and oxygen atoms in total. The number of hydrogen-bond acceptors (Lipinski definition) is 4. The topological polar surface area (TPSA) is 72.6 Å². The van der Waals surface area contributed by atoms with Crippen LogP contribution in [0.1, 0.15) is 47.0 Å². The fourth-order valence-corrected chi connectivity index (χ4v) is 2.18. The maximum Gasteiger partial charge on any atom is 0.313 e. The maximum atomic E-state index is 12.0. The minimum Gasteiger partial charge on any atom is -0.460 e. The van der Waals surface area contributed by atoms with E-state index in [0.29, 0.717) is 13.1 Å². The van der Waals surface area contributed by atoms with Crippen LogP contribution in [0.4, 0.5) is 0 Å². The number of unbranched alkanes of at least 4 members (excludes halogenated alkanes) is 2. The van der Waals surface area contributed by atoms with Crippen LogP contribution in [0.3, 0.4) is 0 Å². The van der Waals surface area contributed by atoms with Crippen molar-refractivity contribution in [2.45, 2.75) is 58.6 Å². The summed E-state index contributed by atoms with van der Waals surface area (Å²) >= 11 is 0. The van der Waals surface area contributed by atoms with Crippen LogP contribution in [0.2, 0.25) is 0 Å². The maximum absolute atomic E-state index is 12.0. The number of nitrogens with two attached hydrogens (primary N) is 1. The Morgan fingerprint density at radius 3 is 2.58 bits per heavy atom. The number of ether oxygens (including phenoxy) is 1. The van der Waals surface area contributed by atoms with Crippen molar-refractivity contribution in [3.8, 4) is 0 Å². The Kier molecular flexibility index (Phi) is 5.35. The van der Waals surface area contributed by atoms with Crippen LogP contribution in [0.15, 0.2) is 0 Å². The summed E-state index contributed by atoms with van der Waals surface area (Å²) < 4.78 is 5.32. The Balaban J connectivity index is 2.57. The molecule has 2 N–H and O–H groups in total. The second kappa shape index (κ2) is 6.37. The third kappa shape index (κ3) is 4.49. The SMILES string of the molecule is CCCCCN1CC(C(=O)OC(C)(C)C)C(N)C1=O. The summed E-state index contributed by atoms with van der Waals surface area (Å²) in [5, 5.41) is 0. The van der Waals surface area contributed by atoms with Crippen molar-refractivity contribution >= 4 is 11.9 Å². The predicted octanol–water partition coefficient (Wildman–Crippen LogP) is 1.30. The number of carbonyl (C=O) groups excluding carboxylic acids is 2. The molecule has 5 heteroatoms. The monoisotopic (exact) mass is 270 g/mol. The Labute approximate surface area is 115 Å². The Morgan fingerprint density at radius 1 is 1.42 bits per heavy atom. The molecule has 110 valence electrons. The zero-order valence-electron chi connectivity index (χ0n) is 12.4. The van der Waals surface area contributed by atoms with Gasteiger partial charge in [0.05, 0.1) is 12.0 Å². The molecule has 1 aliphatic heterocycles. The summed E-state index contributed by atoms with van der Waals surface area (Å²) in [6.45, 7) is 8.62. The van der Waals surface area contributed by atoms with Crippen LogP contribution >= 0.6 is 0 Å². The lowest BCUT2D eigenvalue weighted by Crippen LogP contribution is -2.40. The van der Waals surface area contributed by atoms with Crippen molar-refractivity contribution in [3.05, 3.63) is 0 Å². The van der Waals surface area contributed by atoms with Gasteiger partial charge in [0.15, 0.2) is 0 Å². The molecule has 1 saturated heterocycles. The van der Waals surface area contributed by atoms with Gasteiger partial charge in [0.1, 0.15) is 5.60 Å². The summed E-state index contributed by atoms with van der Waals surface area (Å²) in [4.78, 5) is 25.7. The van der Waals surface area contributed by atoms with Gasteiger partial charge in [-0.3, -0.25) is 9.59 Å². The van der Waals surface area contributed by atoms with Gasteiger partial charge >= 0.3 is 5.97 Å². The number of amides is 1. The van der Waals surface area contributed by atoms with Gasteiger partial charge in [-0.15, -0.1) is 0 Å². The van der Waals surface area contributed by atoms with Crippen molar-refractivity contribution in [1.82, 2.24) is 4.90 Å². The highest BCUT2D eigenvalue weighted by Crippen LogP contribution is 2.21. The molecule has 0 aromatic rings. The average molecular weight is 270 g/mol. The smallest absolute Gasteiger partial charge is 0.313 e. The fourth-order valence-electron chi connectivity index (χ4n) is 2.18. The first-order valence-electron chi connectivity index (χ1n) is 7.03. The zero-order valence-corrected chi connectivity index (χ0v) is 12.4. The lowest BCUT2D eigenvalue weighted by Gasteiger charge is -2.22. The van der Waals surface area contributed by atoms with Gasteiger partial charge in [-0.1, -0.05) is 19.8 Å². The predicted molar refractivity (Wildman–Crippen MR) is 73.4 cm³/mol. The number of carbonyl (C=O) groups is 2. The quantitative estimate of drug-likeness (QED) is 0.604. The molecule has 1 amide bonds. The van der Waals surface area contributed by atoms with E-state index >= 15 is 0 Å². The van der Waals surface area contributed by atoms with Crippen molar-refractivity contribution < 1.29 is 14.3 Å². The van der Waals surface area contributed by atoms with Crippen molar-refractivity contribution in [1.29, 1.82) is 0 Å². The lowest BCUT2D eigenvalue weighted by atomic mass is 10.0. The third-order valence-electron chi connectivity index (χ3n) is 3.19. The van der Waals surface area contributed by atoms with E-state index in [1.807, 2.05) is 20.8 Å². The Hall–Kier alpha value is -1.10. The number of hydrogen-bond donors (Lipinski definition) is 1. The van der Waals surface area contributed by atoms with Crippen LogP contribution < -0.4 is 5.73 Å². The highest BCUT2D eigenvalue weighted by atomic mass is 16.6. The fraction of sp³-hybridized carbons (Fsp3) is 0.857. The molecule has 0 aromatic carbocycles. The second-order valence-electron chi connectivity index (χ2n) is 6.16. The summed E-state index contributed by atoms with van der Waals surface area (Å²) in [5.74, 6) is -1.04. The number of esters is 1. The van der Waals surface area contributed by atoms with E-state index in [9.17, 15) is 9.59 Å². The highest BCUT2D eigenvalue weighted by Gasteiger charge is 2.43. The van der Waals surface area contributed by atoms with Gasteiger partial charge in [-0.05, 0) is 27.2 Å². The minimum atomic E-state index is -0.753. The van der Waals surface area contributed by atoms with E-state index in [0.717, 1.165) is 19.3 Å². The van der Waals surface area contributed by atoms with E-state index in [4.69, 9.17) is 10.5 Å². The molecule has 1 fully saturated rings. The van der Waals surface area contributed by atoms with Gasteiger partial charge < -0.3 is 15.4 Å². The normalized spacial score (nSPS) is 23.8. The Bertz CT molecular complexity index is 336. The van der Waals surface area contributed by atoms with Crippen LogP contribution in [0.25, 0.3) is 0 Å². The summed E-state index contributed by atoms with van der Waals surface area (Å²) in [5.41, 5.74) is 5.30. The zero-order chi connectivity index (χ0) is 14.6. The van der Waals surface area contributed by atoms with E-state index in [2.05, 4.69) is 6.92 Å². The Morgan fingerprint density at radius 2 is 2.05 bits per heavy atom. The molecule has 0 aliphatic carbocycles. The van der Waals surface area contributed by atoms with Crippen LogP contribution in [0.5, 0.6) is 0 Å². The summed E-state index contributed by atoms with van der Waals surface area (Å²) in [6, 6.07) is -0.753. The van der Waals surface area contributed by atoms with E-state index in [1.54, 1.807) is 4.90 Å². The van der Waals surface area contributed by atoms with Gasteiger partial charge in [0, 0.05) is 13.1 Å². The largest absolute Gasteiger partial charge is 0.460 e. The summed E-state index contributed by atoms with van der Waals surface area (Å²) in [6.07, 6.45) is 3.13. The van der Waals surface area contributed by atoms with Crippen molar-refractivity contribution in [2.75, 3.05) is 13.1 Å². The molecule has 19 heavy (non-hydrogen) atoms. The molecule has 0 spiro atoms. The van der Waals surface area contributed by atoms with Gasteiger partial charge in [0.25, 0.3) is 0 Å². The van der Waals surface area contributed by atoms with E-state index in [-0.39, 0.29) is 11.9 Å². The molecule has 1 rings (SSSR count). The van der Waals surface area contributed by atoms with E-state index < -0.39 is 17.6 Å². The number of nitrogens with zero attached hydrogens (tertiary/aromatic N) is 1. The van der Waals surface area contributed by atoms with Gasteiger partial charge in [-0.25, -0.2) is 0 Å². The molecular formula is C14H26N2O3. The molecule has 0 saturated carbocycles. The summed E-state index contributed by atoms with van der Waals surface area (Å²) in [7, 11) is 0. The standard InChI is InChI=1S/C14H26N2O3/c1-5-6-7-8-16-9-10(11(15)12(16)17)13(18)19-14(2,3)4/h10-11H,5-9,15H2,1-4H3. The van der Waals surface area contributed by atoms with Gasteiger partial charge in [0.2, 0.25) is 5.91 Å². The molecule has 0 bridgehead atoms. The first-order chi connectivity index (χ1) is 8.76. The minimum absolute atomic E-state index is 0.132. The molecule has 2 atom stereocenters. The first kappa shape index (κ1) is 16.0. The third-order valence-corrected chi connectivity index (χ3v) is 3.19. The van der Waals surface area contributed by atoms with Crippen LogP contribution in [0, 0.1) is 5.92 Å². The van der Waals surface area contributed by atoms with E-state index in [1.165, 1.54) is 0 Å². The molecule has 0 aromatic heterocycles. The lowest BCUT2D eigenvalue weighted by molar-refractivity contribution is -0.160. The molecule has 0 radical (unpaired) electrons.